The van der Waals surface area contributed by atoms with Crippen LogP contribution >= 0.6 is 11.3 Å². The van der Waals surface area contributed by atoms with Gasteiger partial charge in [-0.15, -0.1) is 11.3 Å². The molecule has 14 rings (SSSR count). The molecule has 2 nitrogen and oxygen atoms in total. The largest absolute Gasteiger partial charge is 0.310 e. The molecule has 0 N–H and O–H groups in total. The molecule has 64 heavy (non-hydrogen) atoms. The average molecular weight is 831 g/mol. The van der Waals surface area contributed by atoms with Crippen LogP contribution in [0.25, 0.3) is 81.0 Å². The Morgan fingerprint density at radius 3 is 1.72 bits per heavy atom. The normalized spacial score (nSPS) is 13.1. The first-order valence-corrected chi connectivity index (χ1v) is 22.9. The van der Waals surface area contributed by atoms with Crippen LogP contribution in [0.1, 0.15) is 22.3 Å². The number of fused-ring (bicyclic) bond motifs is 16. The molecule has 0 bridgehead atoms. The van der Waals surface area contributed by atoms with Gasteiger partial charge >= 0.3 is 0 Å². The number of hydrogen-bond donors (Lipinski definition) is 0. The van der Waals surface area contributed by atoms with Crippen LogP contribution in [0, 0.1) is 0 Å². The highest BCUT2D eigenvalue weighted by atomic mass is 32.1. The zero-order valence-corrected chi connectivity index (χ0v) is 35.6. The van der Waals surface area contributed by atoms with Crippen molar-refractivity contribution in [3.05, 3.63) is 253 Å². The molecule has 0 saturated carbocycles. The topological polar surface area (TPSA) is 8.17 Å². The zero-order valence-electron chi connectivity index (χ0n) is 34.7. The Morgan fingerprint density at radius 1 is 0.375 bits per heavy atom. The lowest BCUT2D eigenvalue weighted by Gasteiger charge is -2.32. The fourth-order valence-electron chi connectivity index (χ4n) is 11.5. The zero-order chi connectivity index (χ0) is 41.9. The fraction of sp³-hybridized carbons (Fsp3) is 0.0164. The van der Waals surface area contributed by atoms with Crippen LogP contribution < -0.4 is 4.90 Å². The average Bonchev–Trinajstić information content (AvgIpc) is 4.09. The van der Waals surface area contributed by atoms with Crippen LogP contribution in [-0.2, 0) is 5.41 Å². The standard InChI is InChI=1S/C61H38N2S/c1-2-16-40(17-3-1)63-54-28-12-7-20-46(54)47-37-36-42(38-56(47)63)62(41-34-32-39(33-35-41)43-23-14-31-58-59(43)49-22-8-13-30-57(49)64-58)55-29-15-27-53-60(55)48-21-6-11-26-52(48)61(53)50-24-9-4-18-44(50)45-19-5-10-25-51(45)61/h1-38H. The third kappa shape index (κ3) is 4.79. The molecule has 0 aliphatic heterocycles. The van der Waals surface area contributed by atoms with Crippen molar-refractivity contribution in [3.8, 4) is 39.1 Å². The molecule has 0 atom stereocenters. The van der Waals surface area contributed by atoms with Gasteiger partial charge in [0, 0.05) is 53.6 Å². The van der Waals surface area contributed by atoms with E-state index in [9.17, 15) is 0 Å². The van der Waals surface area contributed by atoms with E-state index >= 15 is 0 Å². The summed E-state index contributed by atoms with van der Waals surface area (Å²) in [5.74, 6) is 0. The van der Waals surface area contributed by atoms with Gasteiger partial charge in [-0.2, -0.15) is 0 Å². The van der Waals surface area contributed by atoms with E-state index in [2.05, 4.69) is 240 Å². The molecule has 0 unspecified atom stereocenters. The lowest BCUT2D eigenvalue weighted by atomic mass is 9.70. The second-order valence-corrected chi connectivity index (χ2v) is 18.2. The number of thiophene rings is 1. The fourth-order valence-corrected chi connectivity index (χ4v) is 12.6. The number of nitrogens with zero attached hydrogens (tertiary/aromatic N) is 2. The summed E-state index contributed by atoms with van der Waals surface area (Å²) in [6.45, 7) is 0. The van der Waals surface area contributed by atoms with Crippen LogP contribution in [0.15, 0.2) is 231 Å². The number of para-hydroxylation sites is 2. The highest BCUT2D eigenvalue weighted by molar-refractivity contribution is 7.25. The van der Waals surface area contributed by atoms with Crippen LogP contribution in [0.2, 0.25) is 0 Å². The van der Waals surface area contributed by atoms with Crippen molar-refractivity contribution in [2.75, 3.05) is 4.90 Å². The van der Waals surface area contributed by atoms with Gasteiger partial charge < -0.3 is 9.47 Å². The van der Waals surface area contributed by atoms with Crippen LogP contribution in [0.4, 0.5) is 17.1 Å². The summed E-state index contributed by atoms with van der Waals surface area (Å²) < 4.78 is 5.06. The van der Waals surface area contributed by atoms with Crippen LogP contribution in [-0.4, -0.2) is 4.57 Å². The molecule has 0 fully saturated rings. The highest BCUT2D eigenvalue weighted by Gasteiger charge is 2.52. The van der Waals surface area contributed by atoms with Crippen LogP contribution in [0.3, 0.4) is 0 Å². The molecule has 2 aliphatic rings. The van der Waals surface area contributed by atoms with Gasteiger partial charge in [-0.1, -0.05) is 170 Å². The van der Waals surface area contributed by atoms with Gasteiger partial charge in [0.15, 0.2) is 0 Å². The molecule has 0 saturated heterocycles. The Balaban J connectivity index is 1.04. The molecule has 0 radical (unpaired) electrons. The monoisotopic (exact) mass is 830 g/mol. The predicted octanol–water partition coefficient (Wildman–Crippen LogP) is 16.6. The second-order valence-electron chi connectivity index (χ2n) is 17.1. The number of anilines is 3. The van der Waals surface area contributed by atoms with E-state index in [1.54, 1.807) is 0 Å². The smallest absolute Gasteiger partial charge is 0.0726 e. The maximum Gasteiger partial charge on any atom is 0.0726 e. The number of rotatable bonds is 5. The van der Waals surface area contributed by atoms with Gasteiger partial charge in [0.2, 0.25) is 0 Å². The molecule has 2 aromatic heterocycles. The Kier molecular flexibility index (Phi) is 7.51. The Labute approximate surface area is 375 Å². The third-order valence-corrected chi connectivity index (χ3v) is 15.1. The predicted molar refractivity (Wildman–Crippen MR) is 270 cm³/mol. The quantitative estimate of drug-likeness (QED) is 0.168. The number of benzene rings is 10. The van der Waals surface area contributed by atoms with Gasteiger partial charge in [0.1, 0.15) is 0 Å². The summed E-state index contributed by atoms with van der Waals surface area (Å²) in [5.41, 5.74) is 19.4. The van der Waals surface area contributed by atoms with Crippen molar-refractivity contribution in [2.24, 2.45) is 0 Å². The van der Waals surface area contributed by atoms with Gasteiger partial charge in [-0.3, -0.25) is 0 Å². The van der Waals surface area contributed by atoms with Crippen molar-refractivity contribution >= 4 is 70.4 Å². The molecule has 12 aromatic rings. The van der Waals surface area contributed by atoms with Crippen LogP contribution in [0.5, 0.6) is 0 Å². The van der Waals surface area contributed by atoms with E-state index in [-0.39, 0.29) is 0 Å². The number of aromatic nitrogens is 1. The Bertz CT molecular complexity index is 3810. The summed E-state index contributed by atoms with van der Waals surface area (Å²) in [7, 11) is 0. The summed E-state index contributed by atoms with van der Waals surface area (Å²) in [6.07, 6.45) is 0. The van der Waals surface area contributed by atoms with Gasteiger partial charge in [-0.05, 0) is 111 Å². The second kappa shape index (κ2) is 13.5. The molecular formula is C61H38N2S. The van der Waals surface area contributed by atoms with E-state index in [1.165, 1.54) is 97.6 Å². The Morgan fingerprint density at radius 2 is 0.938 bits per heavy atom. The SMILES string of the molecule is c1ccc(-n2c3ccccc3c3ccc(N(c4ccc(-c5cccc6sc7ccccc7c56)cc4)c4cccc5c4-c4ccccc4C54c5ccccc5-c5ccccc54)cc32)cc1. The van der Waals surface area contributed by atoms with Crippen molar-refractivity contribution in [1.82, 2.24) is 4.57 Å². The molecule has 2 aliphatic carbocycles. The molecule has 0 amide bonds. The lowest BCUT2D eigenvalue weighted by molar-refractivity contribution is 0.794. The highest BCUT2D eigenvalue weighted by Crippen LogP contribution is 2.64. The molecular weight excluding hydrogens is 793 g/mol. The first-order valence-electron chi connectivity index (χ1n) is 22.1. The van der Waals surface area contributed by atoms with Crippen molar-refractivity contribution in [1.29, 1.82) is 0 Å². The first-order chi connectivity index (χ1) is 31.8. The van der Waals surface area contributed by atoms with E-state index in [0.717, 1.165) is 22.7 Å². The van der Waals surface area contributed by atoms with Crippen molar-refractivity contribution in [3.63, 3.8) is 0 Å². The number of hydrogen-bond acceptors (Lipinski definition) is 2. The van der Waals surface area contributed by atoms with E-state index in [1.807, 2.05) is 11.3 Å². The molecule has 3 heteroatoms. The minimum absolute atomic E-state index is 0.448. The van der Waals surface area contributed by atoms with E-state index in [4.69, 9.17) is 0 Å². The van der Waals surface area contributed by atoms with Gasteiger partial charge in [-0.25, -0.2) is 0 Å². The lowest BCUT2D eigenvalue weighted by Crippen LogP contribution is -2.26. The first kappa shape index (κ1) is 35.6. The minimum atomic E-state index is -0.448. The summed E-state index contributed by atoms with van der Waals surface area (Å²) in [6, 6.07) is 85.8. The molecule has 2 heterocycles. The molecule has 1 spiro atoms. The summed E-state index contributed by atoms with van der Waals surface area (Å²) in [4.78, 5) is 2.51. The van der Waals surface area contributed by atoms with Gasteiger partial charge in [0.25, 0.3) is 0 Å². The molecule has 298 valence electrons. The molecule has 10 aromatic carbocycles. The van der Waals surface area contributed by atoms with Crippen molar-refractivity contribution < 1.29 is 0 Å². The van der Waals surface area contributed by atoms with Gasteiger partial charge in [0.05, 0.1) is 22.1 Å². The van der Waals surface area contributed by atoms with E-state index in [0.29, 0.717) is 0 Å². The summed E-state index contributed by atoms with van der Waals surface area (Å²) in [5, 5.41) is 5.12. The summed E-state index contributed by atoms with van der Waals surface area (Å²) >= 11 is 1.87. The maximum atomic E-state index is 2.51. The minimum Gasteiger partial charge on any atom is -0.310 e. The van der Waals surface area contributed by atoms with Crippen molar-refractivity contribution in [2.45, 2.75) is 5.41 Å². The Hall–Kier alpha value is -7.98. The maximum absolute atomic E-state index is 2.51. The van der Waals surface area contributed by atoms with E-state index < -0.39 is 5.41 Å². The third-order valence-electron chi connectivity index (χ3n) is 14.0.